The first-order valence-electron chi connectivity index (χ1n) is 11.5. The molecule has 0 bridgehead atoms. The molecule has 13 heteroatoms. The number of benzene rings is 1. The van der Waals surface area contributed by atoms with E-state index in [1.165, 1.54) is 24.1 Å². The summed E-state index contributed by atoms with van der Waals surface area (Å²) in [6, 6.07) is 4.22. The van der Waals surface area contributed by atoms with E-state index in [4.69, 9.17) is 0 Å². The molecule has 1 saturated heterocycles. The van der Waals surface area contributed by atoms with E-state index in [1.54, 1.807) is 13.0 Å². The number of anilines is 2. The van der Waals surface area contributed by atoms with E-state index < -0.39 is 35.3 Å². The summed E-state index contributed by atoms with van der Waals surface area (Å²) in [6.45, 7) is 3.52. The number of pyridine rings is 1. The molecule has 10 nitrogen and oxygen atoms in total. The number of nitrogens with one attached hydrogen (secondary N) is 3. The number of carboxylic acid groups (broad SMARTS) is 1. The van der Waals surface area contributed by atoms with Gasteiger partial charge in [-0.15, -0.1) is 0 Å². The van der Waals surface area contributed by atoms with Gasteiger partial charge in [0.05, 0.1) is 17.0 Å². The molecule has 37 heavy (non-hydrogen) atoms. The second-order valence-corrected chi connectivity index (χ2v) is 9.01. The third-order valence-electron chi connectivity index (χ3n) is 6.26. The number of H-pyrrole nitrogens is 1. The van der Waals surface area contributed by atoms with E-state index in [0.29, 0.717) is 30.5 Å². The van der Waals surface area contributed by atoms with Crippen molar-refractivity contribution in [3.8, 4) is 0 Å². The summed E-state index contributed by atoms with van der Waals surface area (Å²) in [4.78, 5) is 40.9. The zero-order valence-electron chi connectivity index (χ0n) is 20.0. The molecule has 0 saturated carbocycles. The SMILES string of the molecule is CC(=O)Nc1cc(C(C)Nc2n[nH]c(=O)c3cnc([C@@H]4CCCN(C(=O)O)C4)cc23)cc(C(F)(F)F)c1. The van der Waals surface area contributed by atoms with Gasteiger partial charge in [-0.1, -0.05) is 0 Å². The van der Waals surface area contributed by atoms with Crippen LogP contribution in [0.5, 0.6) is 0 Å². The Labute approximate surface area is 208 Å². The summed E-state index contributed by atoms with van der Waals surface area (Å²) in [5.41, 5.74) is -0.590. The molecule has 2 amide bonds. The van der Waals surface area contributed by atoms with Crippen LogP contribution in [0.25, 0.3) is 10.8 Å². The molecule has 4 rings (SSSR count). The number of aromatic amines is 1. The molecule has 2 aromatic heterocycles. The molecule has 1 aliphatic rings. The number of carbonyl (C=O) groups is 2. The maximum absolute atomic E-state index is 13.5. The Bertz CT molecular complexity index is 1410. The summed E-state index contributed by atoms with van der Waals surface area (Å²) in [6.07, 6.45) is -2.87. The molecule has 3 aromatic rings. The van der Waals surface area contributed by atoms with E-state index in [-0.39, 0.29) is 34.9 Å². The average Bonchev–Trinajstić information content (AvgIpc) is 2.84. The van der Waals surface area contributed by atoms with Crippen LogP contribution in [0.2, 0.25) is 0 Å². The second-order valence-electron chi connectivity index (χ2n) is 9.01. The average molecular weight is 518 g/mol. The number of carbonyl (C=O) groups excluding carboxylic acids is 1. The molecule has 2 atom stereocenters. The first-order valence-corrected chi connectivity index (χ1v) is 11.5. The van der Waals surface area contributed by atoms with Crippen molar-refractivity contribution in [2.45, 2.75) is 44.8 Å². The summed E-state index contributed by atoms with van der Waals surface area (Å²) in [5.74, 6) is -0.471. The highest BCUT2D eigenvalue weighted by atomic mass is 19.4. The third-order valence-corrected chi connectivity index (χ3v) is 6.26. The van der Waals surface area contributed by atoms with Crippen LogP contribution in [-0.4, -0.2) is 50.3 Å². The molecule has 1 aromatic carbocycles. The first kappa shape index (κ1) is 25.9. The lowest BCUT2D eigenvalue weighted by Crippen LogP contribution is -2.38. The summed E-state index contributed by atoms with van der Waals surface area (Å²) in [7, 11) is 0. The Morgan fingerprint density at radius 3 is 2.65 bits per heavy atom. The summed E-state index contributed by atoms with van der Waals surface area (Å²) >= 11 is 0. The van der Waals surface area contributed by atoms with Crippen molar-refractivity contribution in [3.05, 3.63) is 57.6 Å². The quantitative estimate of drug-likeness (QED) is 0.394. The van der Waals surface area contributed by atoms with Crippen molar-refractivity contribution in [2.24, 2.45) is 0 Å². The molecule has 1 aliphatic heterocycles. The minimum absolute atomic E-state index is 0.00275. The highest BCUT2D eigenvalue weighted by Gasteiger charge is 2.32. The monoisotopic (exact) mass is 518 g/mol. The molecule has 0 radical (unpaired) electrons. The highest BCUT2D eigenvalue weighted by molar-refractivity contribution is 5.91. The van der Waals surface area contributed by atoms with E-state index in [1.807, 2.05) is 0 Å². The number of amides is 2. The van der Waals surface area contributed by atoms with Gasteiger partial charge in [-0.25, -0.2) is 9.89 Å². The maximum Gasteiger partial charge on any atom is 0.416 e. The van der Waals surface area contributed by atoms with Crippen molar-refractivity contribution in [1.29, 1.82) is 0 Å². The lowest BCUT2D eigenvalue weighted by Gasteiger charge is -2.30. The molecule has 1 fully saturated rings. The molecule has 0 aliphatic carbocycles. The lowest BCUT2D eigenvalue weighted by molar-refractivity contribution is -0.137. The predicted molar refractivity (Wildman–Crippen MR) is 130 cm³/mol. The van der Waals surface area contributed by atoms with Gasteiger partial charge in [-0.3, -0.25) is 14.6 Å². The number of likely N-dealkylation sites (tertiary alicyclic amines) is 1. The van der Waals surface area contributed by atoms with E-state index in [0.717, 1.165) is 12.1 Å². The molecular formula is C24H25F3N6O4. The minimum atomic E-state index is -4.63. The van der Waals surface area contributed by atoms with E-state index >= 15 is 0 Å². The van der Waals surface area contributed by atoms with Gasteiger partial charge in [0.2, 0.25) is 5.91 Å². The third kappa shape index (κ3) is 5.81. The van der Waals surface area contributed by atoms with Crippen LogP contribution in [0.3, 0.4) is 0 Å². The first-order chi connectivity index (χ1) is 17.4. The van der Waals surface area contributed by atoms with E-state index in [9.17, 15) is 32.7 Å². The van der Waals surface area contributed by atoms with Crippen LogP contribution in [0.4, 0.5) is 29.5 Å². The Balaban J connectivity index is 1.70. The van der Waals surface area contributed by atoms with Crippen LogP contribution in [-0.2, 0) is 11.0 Å². The number of aromatic nitrogens is 3. The number of halogens is 3. The largest absolute Gasteiger partial charge is 0.465 e. The van der Waals surface area contributed by atoms with Crippen LogP contribution in [0.1, 0.15) is 55.5 Å². The van der Waals surface area contributed by atoms with Crippen LogP contribution >= 0.6 is 0 Å². The second kappa shape index (κ2) is 10.1. The normalized spacial score (nSPS) is 16.9. The fourth-order valence-electron chi connectivity index (χ4n) is 4.43. The van der Waals surface area contributed by atoms with Crippen molar-refractivity contribution in [1.82, 2.24) is 20.1 Å². The Hall–Kier alpha value is -4.16. The Kier molecular flexibility index (Phi) is 7.05. The number of nitrogens with zero attached hydrogens (tertiary/aromatic N) is 3. The standard InChI is InChI=1S/C24H25F3N6O4/c1-12(15-6-16(24(25,26)27)8-17(7-15)30-13(2)34)29-21-18-9-20(28-10-19(18)22(35)32-31-21)14-4-3-5-33(11-14)23(36)37/h6-10,12,14H,3-5,11H2,1-2H3,(H,29,31)(H,30,34)(H,32,35)(H,36,37)/t12?,14-/m1/s1. The Morgan fingerprint density at radius 1 is 1.22 bits per heavy atom. The highest BCUT2D eigenvalue weighted by Crippen LogP contribution is 2.35. The molecular weight excluding hydrogens is 493 g/mol. The van der Waals surface area contributed by atoms with Gasteiger partial charge in [0.15, 0.2) is 5.82 Å². The summed E-state index contributed by atoms with van der Waals surface area (Å²) in [5, 5.41) is 21.8. The van der Waals surface area contributed by atoms with Crippen molar-refractivity contribution in [3.63, 3.8) is 0 Å². The molecule has 1 unspecified atom stereocenters. The number of hydrogen-bond acceptors (Lipinski definition) is 6. The van der Waals surface area contributed by atoms with Gasteiger partial charge in [0.25, 0.3) is 5.56 Å². The van der Waals surface area contributed by atoms with Crippen molar-refractivity contribution in [2.75, 3.05) is 23.7 Å². The van der Waals surface area contributed by atoms with Gasteiger partial charge in [-0.05, 0) is 49.6 Å². The predicted octanol–water partition coefficient (Wildman–Crippen LogP) is 4.33. The molecule has 3 heterocycles. The fourth-order valence-corrected chi connectivity index (χ4v) is 4.43. The van der Waals surface area contributed by atoms with Crippen molar-refractivity contribution >= 4 is 34.3 Å². The van der Waals surface area contributed by atoms with Gasteiger partial charge >= 0.3 is 12.3 Å². The molecule has 0 spiro atoms. The van der Waals surface area contributed by atoms with Crippen LogP contribution < -0.4 is 16.2 Å². The number of piperidine rings is 1. The fraction of sp³-hybridized carbons (Fsp3) is 0.375. The van der Waals surface area contributed by atoms with Crippen LogP contribution in [0, 0.1) is 0 Å². The number of hydrogen-bond donors (Lipinski definition) is 4. The number of fused-ring (bicyclic) bond motifs is 1. The van der Waals surface area contributed by atoms with Gasteiger partial charge in [0.1, 0.15) is 0 Å². The number of rotatable bonds is 5. The van der Waals surface area contributed by atoms with E-state index in [2.05, 4.69) is 25.8 Å². The molecule has 4 N–H and O–H groups in total. The van der Waals surface area contributed by atoms with Crippen molar-refractivity contribution < 1.29 is 27.9 Å². The lowest BCUT2D eigenvalue weighted by atomic mass is 9.93. The maximum atomic E-state index is 13.5. The minimum Gasteiger partial charge on any atom is -0.465 e. The smallest absolute Gasteiger partial charge is 0.416 e. The summed E-state index contributed by atoms with van der Waals surface area (Å²) < 4.78 is 40.5. The topological polar surface area (TPSA) is 140 Å². The Morgan fingerprint density at radius 2 is 1.97 bits per heavy atom. The molecule has 196 valence electrons. The van der Waals surface area contributed by atoms with Gasteiger partial charge in [0, 0.05) is 48.9 Å². The van der Waals surface area contributed by atoms with Crippen LogP contribution in [0.15, 0.2) is 35.3 Å². The number of alkyl halides is 3. The zero-order chi connectivity index (χ0) is 26.9. The van der Waals surface area contributed by atoms with Gasteiger partial charge in [-0.2, -0.15) is 18.3 Å². The van der Waals surface area contributed by atoms with Gasteiger partial charge < -0.3 is 20.6 Å². The zero-order valence-corrected chi connectivity index (χ0v) is 20.0.